The lowest BCUT2D eigenvalue weighted by atomic mass is 10.2. The first-order chi connectivity index (χ1) is 8.29. The molecule has 1 aliphatic carbocycles. The molecule has 0 aliphatic heterocycles. The van der Waals surface area contributed by atoms with Gasteiger partial charge in [0, 0.05) is 16.9 Å². The fourth-order valence-corrected chi connectivity index (χ4v) is 2.23. The van der Waals surface area contributed by atoms with E-state index in [0.717, 1.165) is 21.5 Å². The van der Waals surface area contributed by atoms with Crippen LogP contribution in [-0.2, 0) is 6.54 Å². The molecule has 1 aromatic carbocycles. The molecule has 0 amide bonds. The van der Waals surface area contributed by atoms with Crippen molar-refractivity contribution in [2.75, 3.05) is 0 Å². The summed E-state index contributed by atoms with van der Waals surface area (Å²) in [5, 5.41) is 8.49. The van der Waals surface area contributed by atoms with E-state index >= 15 is 0 Å². The van der Waals surface area contributed by atoms with Crippen LogP contribution in [0.15, 0.2) is 28.7 Å². The maximum absolute atomic E-state index is 5.82. The quantitative estimate of drug-likeness (QED) is 0.945. The van der Waals surface area contributed by atoms with Crippen LogP contribution in [0.3, 0.4) is 0 Å². The summed E-state index contributed by atoms with van der Waals surface area (Å²) in [5.74, 6) is 0.581. The maximum Gasteiger partial charge on any atom is 0.0907 e. The highest BCUT2D eigenvalue weighted by molar-refractivity contribution is 9.10. The molecule has 1 heterocycles. The van der Waals surface area contributed by atoms with Gasteiger partial charge in [-0.05, 0) is 37.1 Å². The summed E-state index contributed by atoms with van der Waals surface area (Å²) in [6.07, 6.45) is 2.43. The van der Waals surface area contributed by atoms with E-state index in [2.05, 4.69) is 26.2 Å². The average molecular weight is 293 g/mol. The monoisotopic (exact) mass is 292 g/mol. The minimum absolute atomic E-state index is 0.481. The SMILES string of the molecule is NCc1c(C2CC2)nnn1-c1ccc(Br)cc1. The van der Waals surface area contributed by atoms with Crippen molar-refractivity contribution in [2.24, 2.45) is 5.73 Å². The Bertz CT molecular complexity index is 528. The van der Waals surface area contributed by atoms with E-state index in [-0.39, 0.29) is 0 Å². The zero-order chi connectivity index (χ0) is 11.8. The molecule has 4 nitrogen and oxygen atoms in total. The standard InChI is InChI=1S/C12H13BrN4/c13-9-3-5-10(6-4-9)17-11(7-14)12(15-16-17)8-1-2-8/h3-6,8H,1-2,7,14H2. The first-order valence-electron chi connectivity index (χ1n) is 5.70. The minimum atomic E-state index is 0.481. The fourth-order valence-electron chi connectivity index (χ4n) is 1.97. The molecule has 0 saturated heterocycles. The number of hydrogen-bond acceptors (Lipinski definition) is 3. The molecule has 17 heavy (non-hydrogen) atoms. The second kappa shape index (κ2) is 4.23. The second-order valence-corrected chi connectivity index (χ2v) is 5.20. The van der Waals surface area contributed by atoms with Gasteiger partial charge in [0.2, 0.25) is 0 Å². The molecule has 0 unspecified atom stereocenters. The lowest BCUT2D eigenvalue weighted by molar-refractivity contribution is 0.761. The topological polar surface area (TPSA) is 56.7 Å². The van der Waals surface area contributed by atoms with Crippen LogP contribution in [0.1, 0.15) is 30.1 Å². The Balaban J connectivity index is 2.04. The van der Waals surface area contributed by atoms with Crippen molar-refractivity contribution in [1.82, 2.24) is 15.0 Å². The first kappa shape index (κ1) is 10.9. The molecule has 0 spiro atoms. The predicted octanol–water partition coefficient (Wildman–Crippen LogP) is 2.37. The third-order valence-corrected chi connectivity index (χ3v) is 3.55. The van der Waals surface area contributed by atoms with E-state index in [1.807, 2.05) is 28.9 Å². The average Bonchev–Trinajstić information content (AvgIpc) is 3.10. The van der Waals surface area contributed by atoms with Gasteiger partial charge in [0.15, 0.2) is 0 Å². The minimum Gasteiger partial charge on any atom is -0.325 e. The molecule has 2 aromatic rings. The number of rotatable bonds is 3. The Kier molecular flexibility index (Phi) is 2.72. The number of hydrogen-bond donors (Lipinski definition) is 1. The molecule has 5 heteroatoms. The molecular weight excluding hydrogens is 280 g/mol. The zero-order valence-corrected chi connectivity index (χ0v) is 10.9. The van der Waals surface area contributed by atoms with Crippen molar-refractivity contribution in [3.63, 3.8) is 0 Å². The summed E-state index contributed by atoms with van der Waals surface area (Å²) >= 11 is 3.42. The molecule has 2 N–H and O–H groups in total. The van der Waals surface area contributed by atoms with Crippen LogP contribution in [0.25, 0.3) is 5.69 Å². The normalized spacial score (nSPS) is 15.2. The van der Waals surface area contributed by atoms with Gasteiger partial charge < -0.3 is 5.73 Å². The van der Waals surface area contributed by atoms with Crippen molar-refractivity contribution >= 4 is 15.9 Å². The molecular formula is C12H13BrN4. The van der Waals surface area contributed by atoms with Crippen LogP contribution in [0.4, 0.5) is 0 Å². The lowest BCUT2D eigenvalue weighted by Gasteiger charge is -2.05. The Morgan fingerprint density at radius 3 is 2.59 bits per heavy atom. The van der Waals surface area contributed by atoms with Crippen molar-refractivity contribution in [2.45, 2.75) is 25.3 Å². The summed E-state index contributed by atoms with van der Waals surface area (Å²) in [7, 11) is 0. The Morgan fingerprint density at radius 2 is 2.00 bits per heavy atom. The summed E-state index contributed by atoms with van der Waals surface area (Å²) in [5.41, 5.74) is 8.94. The molecule has 1 saturated carbocycles. The third kappa shape index (κ3) is 2.00. The van der Waals surface area contributed by atoms with Gasteiger partial charge in [-0.3, -0.25) is 0 Å². The van der Waals surface area contributed by atoms with Crippen LogP contribution in [0, 0.1) is 0 Å². The molecule has 1 aromatic heterocycles. The fraction of sp³-hybridized carbons (Fsp3) is 0.333. The van der Waals surface area contributed by atoms with Gasteiger partial charge in [0.05, 0.1) is 17.1 Å². The maximum atomic E-state index is 5.82. The molecule has 1 aliphatic rings. The number of nitrogens with zero attached hydrogens (tertiary/aromatic N) is 3. The summed E-state index contributed by atoms with van der Waals surface area (Å²) in [6.45, 7) is 0.481. The van der Waals surface area contributed by atoms with E-state index in [4.69, 9.17) is 5.73 Å². The van der Waals surface area contributed by atoms with Crippen LogP contribution in [0.2, 0.25) is 0 Å². The third-order valence-electron chi connectivity index (χ3n) is 3.02. The van der Waals surface area contributed by atoms with E-state index in [0.29, 0.717) is 12.5 Å². The Hall–Kier alpha value is -1.20. The van der Waals surface area contributed by atoms with Crippen LogP contribution in [-0.4, -0.2) is 15.0 Å². The molecule has 0 radical (unpaired) electrons. The molecule has 0 bridgehead atoms. The largest absolute Gasteiger partial charge is 0.325 e. The Morgan fingerprint density at radius 1 is 1.29 bits per heavy atom. The van der Waals surface area contributed by atoms with E-state index < -0.39 is 0 Å². The predicted molar refractivity (Wildman–Crippen MR) is 68.9 cm³/mol. The first-order valence-corrected chi connectivity index (χ1v) is 6.49. The van der Waals surface area contributed by atoms with E-state index in [1.165, 1.54) is 12.8 Å². The van der Waals surface area contributed by atoms with Crippen molar-refractivity contribution in [1.29, 1.82) is 0 Å². The van der Waals surface area contributed by atoms with Gasteiger partial charge in [-0.2, -0.15) is 0 Å². The smallest absolute Gasteiger partial charge is 0.0907 e. The van der Waals surface area contributed by atoms with Gasteiger partial charge in [-0.15, -0.1) is 5.10 Å². The van der Waals surface area contributed by atoms with Crippen LogP contribution >= 0.6 is 15.9 Å². The highest BCUT2D eigenvalue weighted by atomic mass is 79.9. The van der Waals surface area contributed by atoms with Gasteiger partial charge in [-0.25, -0.2) is 4.68 Å². The second-order valence-electron chi connectivity index (χ2n) is 4.29. The summed E-state index contributed by atoms with van der Waals surface area (Å²) < 4.78 is 2.90. The van der Waals surface area contributed by atoms with Gasteiger partial charge in [-0.1, -0.05) is 21.1 Å². The highest BCUT2D eigenvalue weighted by Crippen LogP contribution is 2.40. The molecule has 88 valence electrons. The number of nitrogens with two attached hydrogens (primary N) is 1. The number of aromatic nitrogens is 3. The number of benzene rings is 1. The van der Waals surface area contributed by atoms with E-state index in [9.17, 15) is 0 Å². The molecule has 0 atom stereocenters. The van der Waals surface area contributed by atoms with Crippen molar-refractivity contribution in [3.8, 4) is 5.69 Å². The zero-order valence-electron chi connectivity index (χ0n) is 9.31. The van der Waals surface area contributed by atoms with Gasteiger partial charge in [0.1, 0.15) is 0 Å². The van der Waals surface area contributed by atoms with Gasteiger partial charge >= 0.3 is 0 Å². The molecule has 1 fully saturated rings. The van der Waals surface area contributed by atoms with Crippen molar-refractivity contribution < 1.29 is 0 Å². The Labute approximate surface area is 108 Å². The lowest BCUT2D eigenvalue weighted by Crippen LogP contribution is -2.08. The van der Waals surface area contributed by atoms with E-state index in [1.54, 1.807) is 0 Å². The van der Waals surface area contributed by atoms with Crippen molar-refractivity contribution in [3.05, 3.63) is 40.1 Å². The highest BCUT2D eigenvalue weighted by Gasteiger charge is 2.30. The van der Waals surface area contributed by atoms with Crippen LogP contribution < -0.4 is 5.73 Å². The summed E-state index contributed by atoms with van der Waals surface area (Å²) in [6, 6.07) is 8.01. The van der Waals surface area contributed by atoms with Crippen LogP contribution in [0.5, 0.6) is 0 Å². The van der Waals surface area contributed by atoms with Gasteiger partial charge in [0.25, 0.3) is 0 Å². The summed E-state index contributed by atoms with van der Waals surface area (Å²) in [4.78, 5) is 0. The molecule has 3 rings (SSSR count). The number of halogens is 1.